The fourth-order valence-electron chi connectivity index (χ4n) is 5.68. The lowest BCUT2D eigenvalue weighted by Gasteiger charge is -2.26. The van der Waals surface area contributed by atoms with Gasteiger partial charge >= 0.3 is 0 Å². The molecule has 1 unspecified atom stereocenters. The molecule has 1 heteroatoms. The number of fused-ring (bicyclic) bond motifs is 7. The van der Waals surface area contributed by atoms with Crippen LogP contribution in [0.1, 0.15) is 41.9 Å². The molecule has 0 N–H and O–H groups in total. The lowest BCUT2D eigenvalue weighted by molar-refractivity contribution is 0.258. The minimum atomic E-state index is 0.0372. The molecular formula is C29H22O. The molecule has 1 aliphatic heterocycles. The van der Waals surface area contributed by atoms with Gasteiger partial charge in [0.25, 0.3) is 0 Å². The van der Waals surface area contributed by atoms with Crippen LogP contribution in [0.2, 0.25) is 0 Å². The van der Waals surface area contributed by atoms with Gasteiger partial charge in [0, 0.05) is 11.1 Å². The summed E-state index contributed by atoms with van der Waals surface area (Å²) >= 11 is 0. The monoisotopic (exact) mass is 386 g/mol. The number of allylic oxidation sites excluding steroid dienone is 6. The minimum absolute atomic E-state index is 0.0372. The molecular weight excluding hydrogens is 364 g/mol. The van der Waals surface area contributed by atoms with Crippen molar-refractivity contribution in [1.29, 1.82) is 0 Å². The van der Waals surface area contributed by atoms with E-state index in [1.54, 1.807) is 5.57 Å². The molecule has 0 bridgehead atoms. The molecule has 0 fully saturated rings. The first-order valence-corrected chi connectivity index (χ1v) is 11.0. The Hall–Kier alpha value is -3.32. The Morgan fingerprint density at radius 1 is 0.867 bits per heavy atom. The lowest BCUT2D eigenvalue weighted by Crippen LogP contribution is -2.37. The summed E-state index contributed by atoms with van der Waals surface area (Å²) in [5.74, 6) is 1.24. The third-order valence-electron chi connectivity index (χ3n) is 7.15. The summed E-state index contributed by atoms with van der Waals surface area (Å²) in [5, 5.41) is 5.32. The van der Waals surface area contributed by atoms with Crippen LogP contribution in [0.15, 0.2) is 60.2 Å². The number of rotatable bonds is 1. The maximum Gasteiger partial charge on any atom is 0.128 e. The van der Waals surface area contributed by atoms with E-state index in [-0.39, 0.29) is 12.0 Å². The van der Waals surface area contributed by atoms with Crippen LogP contribution in [0, 0.1) is 0 Å². The van der Waals surface area contributed by atoms with E-state index in [1.807, 2.05) is 0 Å². The molecule has 2 aromatic carbocycles. The first-order chi connectivity index (χ1) is 14.9. The van der Waals surface area contributed by atoms with E-state index in [0.717, 1.165) is 12.2 Å². The van der Waals surface area contributed by atoms with Crippen molar-refractivity contribution in [2.24, 2.45) is 0 Å². The van der Waals surface area contributed by atoms with Crippen molar-refractivity contribution in [3.05, 3.63) is 97.8 Å². The molecule has 0 spiro atoms. The third kappa shape index (κ3) is 2.24. The molecule has 0 radical (unpaired) electrons. The number of hydrogen-bond acceptors (Lipinski definition) is 1. The average molecular weight is 386 g/mol. The van der Waals surface area contributed by atoms with Gasteiger partial charge in [-0.25, -0.2) is 0 Å². The molecule has 30 heavy (non-hydrogen) atoms. The summed E-state index contributed by atoms with van der Waals surface area (Å²) in [6.45, 7) is 0. The van der Waals surface area contributed by atoms with Crippen LogP contribution in [0.3, 0.4) is 0 Å². The van der Waals surface area contributed by atoms with Crippen LogP contribution in [0.25, 0.3) is 36.0 Å². The fourth-order valence-corrected chi connectivity index (χ4v) is 5.68. The zero-order chi connectivity index (χ0) is 19.7. The SMILES string of the molecule is C1=Cc2ccc3c(c2=C1)=C[C@@H](C1C=CC=c2c1ccc1c2=CCC2=C1C=CCC2)O3. The molecule has 7 rings (SSSR count). The summed E-state index contributed by atoms with van der Waals surface area (Å²) in [5.41, 5.74) is 7.11. The van der Waals surface area contributed by atoms with Gasteiger partial charge in [-0.15, -0.1) is 0 Å². The molecule has 5 aliphatic rings. The summed E-state index contributed by atoms with van der Waals surface area (Å²) < 4.78 is 6.46. The van der Waals surface area contributed by atoms with Crippen molar-refractivity contribution in [3.63, 3.8) is 0 Å². The van der Waals surface area contributed by atoms with Crippen LogP contribution in [0.5, 0.6) is 5.75 Å². The van der Waals surface area contributed by atoms with Gasteiger partial charge in [0.05, 0.1) is 0 Å². The van der Waals surface area contributed by atoms with E-state index in [1.165, 1.54) is 56.0 Å². The van der Waals surface area contributed by atoms with Crippen LogP contribution in [-0.4, -0.2) is 6.10 Å². The van der Waals surface area contributed by atoms with Crippen molar-refractivity contribution >= 4 is 36.0 Å². The molecule has 144 valence electrons. The lowest BCUT2D eigenvalue weighted by atomic mass is 9.81. The molecule has 0 amide bonds. The largest absolute Gasteiger partial charge is 0.485 e. The average Bonchev–Trinajstić information content (AvgIpc) is 3.44. The first-order valence-electron chi connectivity index (χ1n) is 11.0. The Labute approximate surface area is 175 Å². The van der Waals surface area contributed by atoms with E-state index in [9.17, 15) is 0 Å². The number of ether oxygens (including phenoxy) is 1. The quantitative estimate of drug-likeness (QED) is 0.729. The van der Waals surface area contributed by atoms with Gasteiger partial charge in [0.1, 0.15) is 11.9 Å². The third-order valence-corrected chi connectivity index (χ3v) is 7.15. The normalized spacial score (nSPS) is 23.7. The van der Waals surface area contributed by atoms with Gasteiger partial charge in [0.15, 0.2) is 0 Å². The zero-order valence-corrected chi connectivity index (χ0v) is 16.8. The van der Waals surface area contributed by atoms with E-state index >= 15 is 0 Å². The Balaban J connectivity index is 1.36. The molecule has 1 nitrogen and oxygen atoms in total. The summed E-state index contributed by atoms with van der Waals surface area (Å²) in [6.07, 6.45) is 26.2. The van der Waals surface area contributed by atoms with Crippen LogP contribution >= 0.6 is 0 Å². The minimum Gasteiger partial charge on any atom is -0.485 e. The van der Waals surface area contributed by atoms with Gasteiger partial charge in [-0.1, -0.05) is 78.5 Å². The fraction of sp³-hybridized carbons (Fsp3) is 0.172. The summed E-state index contributed by atoms with van der Waals surface area (Å²) in [4.78, 5) is 0. The van der Waals surface area contributed by atoms with Crippen molar-refractivity contribution in [2.45, 2.75) is 31.3 Å². The second-order valence-corrected chi connectivity index (χ2v) is 8.73. The van der Waals surface area contributed by atoms with Crippen LogP contribution in [-0.2, 0) is 0 Å². The van der Waals surface area contributed by atoms with Crippen LogP contribution in [0.4, 0.5) is 0 Å². The molecule has 0 saturated heterocycles. The standard InChI is InChI=1S/C29H22O/c1-2-7-20-18(5-1)11-13-24-22-9-4-10-26(25(22)15-14-23(20)24)29-17-27-21-8-3-6-19(21)12-16-28(27)30-29/h2-4,6-10,12-17,26,29H,1,5,11H2/t26?,29-/m0/s1. The molecule has 1 heterocycles. The Morgan fingerprint density at radius 3 is 2.83 bits per heavy atom. The maximum absolute atomic E-state index is 6.46. The van der Waals surface area contributed by atoms with Gasteiger partial charge in [-0.3, -0.25) is 0 Å². The Bertz CT molecular complexity index is 1490. The van der Waals surface area contributed by atoms with Gasteiger partial charge in [-0.2, -0.15) is 0 Å². The molecule has 4 aliphatic carbocycles. The van der Waals surface area contributed by atoms with E-state index in [4.69, 9.17) is 4.74 Å². The van der Waals surface area contributed by atoms with Crippen molar-refractivity contribution in [3.8, 4) is 5.75 Å². The number of benzene rings is 2. The molecule has 0 aromatic heterocycles. The Kier molecular flexibility index (Phi) is 3.34. The van der Waals surface area contributed by atoms with Gasteiger partial charge in [-0.05, 0) is 69.3 Å². The highest BCUT2D eigenvalue weighted by atomic mass is 16.5. The number of hydrogen-bond donors (Lipinski definition) is 0. The smallest absolute Gasteiger partial charge is 0.128 e. The second-order valence-electron chi connectivity index (χ2n) is 8.73. The van der Waals surface area contributed by atoms with Crippen LogP contribution < -0.4 is 25.6 Å². The predicted molar refractivity (Wildman–Crippen MR) is 124 cm³/mol. The zero-order valence-electron chi connectivity index (χ0n) is 16.8. The first kappa shape index (κ1) is 16.5. The van der Waals surface area contributed by atoms with E-state index in [2.05, 4.69) is 85.0 Å². The van der Waals surface area contributed by atoms with Gasteiger partial charge < -0.3 is 4.74 Å². The van der Waals surface area contributed by atoms with E-state index in [0.29, 0.717) is 0 Å². The van der Waals surface area contributed by atoms with E-state index < -0.39 is 0 Å². The highest BCUT2D eigenvalue weighted by molar-refractivity contribution is 5.82. The Morgan fingerprint density at radius 2 is 1.83 bits per heavy atom. The van der Waals surface area contributed by atoms with Crippen molar-refractivity contribution in [1.82, 2.24) is 0 Å². The highest BCUT2D eigenvalue weighted by Crippen LogP contribution is 2.32. The molecule has 2 aromatic rings. The van der Waals surface area contributed by atoms with Crippen molar-refractivity contribution < 1.29 is 4.74 Å². The highest BCUT2D eigenvalue weighted by Gasteiger charge is 2.28. The molecule has 2 atom stereocenters. The summed E-state index contributed by atoms with van der Waals surface area (Å²) in [7, 11) is 0. The van der Waals surface area contributed by atoms with Crippen molar-refractivity contribution in [2.75, 3.05) is 0 Å². The topological polar surface area (TPSA) is 9.23 Å². The maximum atomic E-state index is 6.46. The second kappa shape index (κ2) is 6.09. The molecule has 0 saturated carbocycles. The summed E-state index contributed by atoms with van der Waals surface area (Å²) in [6, 6.07) is 8.96. The van der Waals surface area contributed by atoms with Gasteiger partial charge in [0.2, 0.25) is 0 Å². The predicted octanol–water partition coefficient (Wildman–Crippen LogP) is 3.46.